The van der Waals surface area contributed by atoms with Crippen LogP contribution < -0.4 is 11.2 Å². The maximum Gasteiger partial charge on any atom is 0.263 e. The highest BCUT2D eigenvalue weighted by atomic mass is 35.5. The number of carbonyl (C=O) groups excluding carboxylic acids is 1. The van der Waals surface area contributed by atoms with Gasteiger partial charge >= 0.3 is 0 Å². The molecule has 1 heterocycles. The van der Waals surface area contributed by atoms with Gasteiger partial charge in [0.25, 0.3) is 11.9 Å². The number of nitrogen functional groups attached to an aromatic ring is 1. The Morgan fingerprint density at radius 2 is 2.42 bits per heavy atom. The molecule has 0 spiro atoms. The molecule has 2 aromatic rings. The third-order valence-electron chi connectivity index (χ3n) is 2.00. The van der Waals surface area contributed by atoms with Crippen LogP contribution in [0.25, 0.3) is 0 Å². The summed E-state index contributed by atoms with van der Waals surface area (Å²) in [4.78, 5) is 12.5. The molecule has 19 heavy (non-hydrogen) atoms. The zero-order valence-corrected chi connectivity index (χ0v) is 10.4. The number of carbonyl (C=O) groups is 1. The number of nitrogens with two attached hydrogens (primary N) is 1. The molecule has 0 aliphatic rings. The number of benzene rings is 1. The van der Waals surface area contributed by atoms with Crippen molar-refractivity contribution in [3.8, 4) is 0 Å². The molecule has 0 radical (unpaired) electrons. The van der Waals surface area contributed by atoms with Gasteiger partial charge in [-0.3, -0.25) is 4.79 Å². The van der Waals surface area contributed by atoms with E-state index in [-0.39, 0.29) is 12.5 Å². The maximum atomic E-state index is 11.5. The zero-order chi connectivity index (χ0) is 13.7. The van der Waals surface area contributed by atoms with Gasteiger partial charge in [0, 0.05) is 5.02 Å². The van der Waals surface area contributed by atoms with Crippen LogP contribution in [-0.4, -0.2) is 32.3 Å². The minimum Gasteiger partial charge on any atom is -0.365 e. The van der Waals surface area contributed by atoms with Crippen LogP contribution in [0.1, 0.15) is 5.56 Å². The first-order valence-electron chi connectivity index (χ1n) is 5.24. The summed E-state index contributed by atoms with van der Waals surface area (Å²) in [6.45, 7) is -0.114. The molecule has 9 heteroatoms. The number of hydrogen-bond donors (Lipinski definition) is 2. The molecular formula is C10H10ClN7O. The van der Waals surface area contributed by atoms with Crippen molar-refractivity contribution in [1.82, 2.24) is 25.6 Å². The third kappa shape index (κ3) is 4.03. The summed E-state index contributed by atoms with van der Waals surface area (Å²) in [7, 11) is 0. The second-order valence-corrected chi connectivity index (χ2v) is 3.96. The first-order valence-corrected chi connectivity index (χ1v) is 5.62. The molecule has 0 fully saturated rings. The number of nitrogens with one attached hydrogen (secondary N) is 1. The van der Waals surface area contributed by atoms with Crippen molar-refractivity contribution in [3.05, 3.63) is 34.9 Å². The van der Waals surface area contributed by atoms with Gasteiger partial charge in [-0.1, -0.05) is 28.8 Å². The molecule has 0 unspecified atom stereocenters. The number of hydrogen-bond acceptors (Lipinski definition) is 6. The van der Waals surface area contributed by atoms with Gasteiger partial charge in [-0.15, -0.1) is 5.10 Å². The molecule has 98 valence electrons. The van der Waals surface area contributed by atoms with Gasteiger partial charge in [0.15, 0.2) is 0 Å². The van der Waals surface area contributed by atoms with Gasteiger partial charge in [0.05, 0.1) is 6.21 Å². The molecule has 0 bridgehead atoms. The summed E-state index contributed by atoms with van der Waals surface area (Å²) < 4.78 is 0. The molecule has 1 aromatic carbocycles. The lowest BCUT2D eigenvalue weighted by molar-refractivity contribution is -0.122. The van der Waals surface area contributed by atoms with Crippen LogP contribution in [0, 0.1) is 0 Å². The largest absolute Gasteiger partial charge is 0.365 e. The smallest absolute Gasteiger partial charge is 0.263 e. The van der Waals surface area contributed by atoms with E-state index < -0.39 is 5.91 Å². The first-order chi connectivity index (χ1) is 9.13. The molecule has 8 nitrogen and oxygen atoms in total. The molecule has 0 aliphatic carbocycles. The lowest BCUT2D eigenvalue weighted by atomic mass is 10.2. The number of amides is 1. The molecule has 0 atom stereocenters. The normalized spacial score (nSPS) is 10.8. The van der Waals surface area contributed by atoms with Crippen LogP contribution in [0.4, 0.5) is 5.95 Å². The number of hydrazone groups is 1. The Kier molecular flexibility index (Phi) is 4.04. The van der Waals surface area contributed by atoms with Crippen molar-refractivity contribution in [1.29, 1.82) is 0 Å². The van der Waals surface area contributed by atoms with Crippen molar-refractivity contribution in [3.63, 3.8) is 0 Å². The summed E-state index contributed by atoms with van der Waals surface area (Å²) in [5, 5.41) is 15.0. The second-order valence-electron chi connectivity index (χ2n) is 3.53. The van der Waals surface area contributed by atoms with E-state index in [4.69, 9.17) is 17.3 Å². The van der Waals surface area contributed by atoms with Crippen molar-refractivity contribution in [2.45, 2.75) is 6.54 Å². The van der Waals surface area contributed by atoms with E-state index in [0.717, 1.165) is 10.4 Å². The van der Waals surface area contributed by atoms with Gasteiger partial charge in [0.1, 0.15) is 6.54 Å². The summed E-state index contributed by atoms with van der Waals surface area (Å²) in [5.41, 5.74) is 8.37. The van der Waals surface area contributed by atoms with E-state index in [0.29, 0.717) is 5.02 Å². The first kappa shape index (κ1) is 13.0. The fourth-order valence-corrected chi connectivity index (χ4v) is 1.45. The Labute approximate surface area is 113 Å². The van der Waals surface area contributed by atoms with Crippen molar-refractivity contribution in [2.75, 3.05) is 5.73 Å². The van der Waals surface area contributed by atoms with Crippen LogP contribution in [0.3, 0.4) is 0 Å². The molecule has 0 aliphatic heterocycles. The fourth-order valence-electron chi connectivity index (χ4n) is 1.25. The minimum atomic E-state index is -0.393. The van der Waals surface area contributed by atoms with Gasteiger partial charge in [-0.2, -0.15) is 9.90 Å². The highest BCUT2D eigenvalue weighted by Gasteiger charge is 2.04. The molecule has 1 amide bonds. The van der Waals surface area contributed by atoms with Crippen LogP contribution in [-0.2, 0) is 11.3 Å². The number of aromatic nitrogens is 4. The average molecular weight is 280 g/mol. The summed E-state index contributed by atoms with van der Waals surface area (Å²) in [6, 6.07) is 7.06. The van der Waals surface area contributed by atoms with E-state index >= 15 is 0 Å². The van der Waals surface area contributed by atoms with E-state index in [2.05, 4.69) is 25.9 Å². The lowest BCUT2D eigenvalue weighted by Gasteiger charge is -1.98. The van der Waals surface area contributed by atoms with Gasteiger partial charge in [0.2, 0.25) is 0 Å². The van der Waals surface area contributed by atoms with Crippen LogP contribution in [0.2, 0.25) is 5.02 Å². The Hall–Kier alpha value is -2.48. The van der Waals surface area contributed by atoms with Crippen LogP contribution in [0.5, 0.6) is 0 Å². The molecule has 0 saturated heterocycles. The number of rotatable bonds is 4. The fraction of sp³-hybridized carbons (Fsp3) is 0.100. The minimum absolute atomic E-state index is 0.00947. The Bertz CT molecular complexity index is 609. The highest BCUT2D eigenvalue weighted by Crippen LogP contribution is 2.08. The van der Waals surface area contributed by atoms with E-state index in [1.807, 2.05) is 0 Å². The van der Waals surface area contributed by atoms with Crippen molar-refractivity contribution in [2.24, 2.45) is 5.10 Å². The summed E-state index contributed by atoms with van der Waals surface area (Å²) in [5.74, 6) is -0.383. The topological polar surface area (TPSA) is 111 Å². The van der Waals surface area contributed by atoms with E-state index in [1.54, 1.807) is 24.3 Å². The summed E-state index contributed by atoms with van der Waals surface area (Å²) >= 11 is 5.81. The Morgan fingerprint density at radius 3 is 3.11 bits per heavy atom. The molecule has 0 saturated carbocycles. The predicted molar refractivity (Wildman–Crippen MR) is 69.4 cm³/mol. The third-order valence-corrected chi connectivity index (χ3v) is 2.24. The van der Waals surface area contributed by atoms with Gasteiger partial charge < -0.3 is 5.73 Å². The Balaban J connectivity index is 1.86. The number of tetrazole rings is 1. The lowest BCUT2D eigenvalue weighted by Crippen LogP contribution is -2.24. The number of anilines is 1. The average Bonchev–Trinajstić information content (AvgIpc) is 2.75. The van der Waals surface area contributed by atoms with E-state index in [9.17, 15) is 4.79 Å². The van der Waals surface area contributed by atoms with Crippen molar-refractivity contribution < 1.29 is 4.79 Å². The number of halogens is 1. The molecule has 3 N–H and O–H groups in total. The molecular weight excluding hydrogens is 270 g/mol. The molecule has 1 aromatic heterocycles. The quantitative estimate of drug-likeness (QED) is 0.607. The van der Waals surface area contributed by atoms with Gasteiger partial charge in [-0.05, 0) is 22.9 Å². The Morgan fingerprint density at radius 1 is 1.58 bits per heavy atom. The summed E-state index contributed by atoms with van der Waals surface area (Å²) in [6.07, 6.45) is 1.48. The maximum absolute atomic E-state index is 11.5. The predicted octanol–water partition coefficient (Wildman–Crippen LogP) is 0.0590. The van der Waals surface area contributed by atoms with E-state index in [1.165, 1.54) is 6.21 Å². The van der Waals surface area contributed by atoms with Crippen molar-refractivity contribution >= 4 is 29.7 Å². The zero-order valence-electron chi connectivity index (χ0n) is 9.69. The second kappa shape index (κ2) is 5.91. The standard InChI is InChI=1S/C10H10ClN7O/c11-8-3-1-2-7(4-8)5-13-14-9(19)6-18-16-10(12)15-17-18/h1-5H,6H2,(H2,12,16)(H,14,19)/b13-5-. The van der Waals surface area contributed by atoms with Crippen LogP contribution in [0.15, 0.2) is 29.4 Å². The SMILES string of the molecule is Nc1nnn(CC(=O)N/N=C\c2cccc(Cl)c2)n1. The molecule has 2 rings (SSSR count). The number of nitrogens with zero attached hydrogens (tertiary/aromatic N) is 5. The monoisotopic (exact) mass is 279 g/mol. The highest BCUT2D eigenvalue weighted by molar-refractivity contribution is 6.30. The van der Waals surface area contributed by atoms with Crippen LogP contribution >= 0.6 is 11.6 Å². The van der Waals surface area contributed by atoms with Gasteiger partial charge in [-0.25, -0.2) is 5.43 Å².